The number of carbonyl (C=O) groups is 1. The molecule has 0 spiro atoms. The molecule has 0 radical (unpaired) electrons. The highest BCUT2D eigenvalue weighted by atomic mass is 127. The number of guanidine groups is 1. The molecule has 2 rings (SSSR count). The lowest BCUT2D eigenvalue weighted by molar-refractivity contribution is -0.133. The molecule has 1 saturated heterocycles. The molecule has 1 aromatic heterocycles. The van der Waals surface area contributed by atoms with Gasteiger partial charge in [-0.1, -0.05) is 19.9 Å². The van der Waals surface area contributed by atoms with E-state index >= 15 is 0 Å². The van der Waals surface area contributed by atoms with E-state index in [1.807, 2.05) is 37.9 Å². The molecular formula is C18H30IN5O. The Morgan fingerprint density at radius 1 is 1.44 bits per heavy atom. The van der Waals surface area contributed by atoms with Crippen LogP contribution in [0.25, 0.3) is 0 Å². The highest BCUT2D eigenvalue weighted by Gasteiger charge is 2.27. The van der Waals surface area contributed by atoms with E-state index in [4.69, 9.17) is 0 Å². The first kappa shape index (κ1) is 21.7. The maximum Gasteiger partial charge on any atom is 0.225 e. The Morgan fingerprint density at radius 3 is 2.80 bits per heavy atom. The zero-order valence-electron chi connectivity index (χ0n) is 15.6. The predicted octanol–water partition coefficient (Wildman–Crippen LogP) is 1.97. The minimum absolute atomic E-state index is 0. The summed E-state index contributed by atoms with van der Waals surface area (Å²) in [5, 5.41) is 6.75. The Morgan fingerprint density at radius 2 is 2.20 bits per heavy atom. The number of halogens is 1. The van der Waals surface area contributed by atoms with Crippen molar-refractivity contribution >= 4 is 35.8 Å². The number of aliphatic imine (C=N–C) groups is 1. The second-order valence-corrected chi connectivity index (χ2v) is 6.63. The average molecular weight is 459 g/mol. The number of aromatic nitrogens is 1. The minimum Gasteiger partial charge on any atom is -0.356 e. The molecule has 0 aliphatic carbocycles. The normalized spacial score (nSPS) is 17.4. The third-order valence-electron chi connectivity index (χ3n) is 4.24. The third-order valence-corrected chi connectivity index (χ3v) is 4.24. The topological polar surface area (TPSA) is 69.6 Å². The Hall–Kier alpha value is -1.38. The van der Waals surface area contributed by atoms with Crippen molar-refractivity contribution in [2.45, 2.75) is 39.7 Å². The summed E-state index contributed by atoms with van der Waals surface area (Å²) in [4.78, 5) is 22.6. The number of likely N-dealkylation sites (tertiary alicyclic amines) is 1. The smallest absolute Gasteiger partial charge is 0.225 e. The lowest BCUT2D eigenvalue weighted by Crippen LogP contribution is -2.45. The van der Waals surface area contributed by atoms with Gasteiger partial charge in [0, 0.05) is 50.5 Å². The fourth-order valence-corrected chi connectivity index (χ4v) is 2.80. The first-order valence-electron chi connectivity index (χ1n) is 8.67. The van der Waals surface area contributed by atoms with Crippen LogP contribution in [0.3, 0.4) is 0 Å². The Balaban J connectivity index is 0.00000312. The van der Waals surface area contributed by atoms with Crippen molar-refractivity contribution in [3.05, 3.63) is 29.6 Å². The molecule has 1 aliphatic heterocycles. The summed E-state index contributed by atoms with van der Waals surface area (Å²) in [5.41, 5.74) is 2.24. The Bertz CT molecular complexity index is 573. The molecule has 1 fully saturated rings. The van der Waals surface area contributed by atoms with Gasteiger partial charge < -0.3 is 15.5 Å². The van der Waals surface area contributed by atoms with Crippen molar-refractivity contribution < 1.29 is 4.79 Å². The van der Waals surface area contributed by atoms with Crippen molar-refractivity contribution in [1.82, 2.24) is 20.5 Å². The standard InChI is InChI=1S/C18H29N5O.HI/c1-13(2)17(24)23-10-8-16(12-23)22-18(19-4)20-9-7-15-6-5-14(3)21-11-15;/h5-6,11,13,16H,7-10,12H2,1-4H3,(H2,19,20,22);1H. The molecule has 2 heterocycles. The van der Waals surface area contributed by atoms with Gasteiger partial charge in [0.05, 0.1) is 0 Å². The minimum atomic E-state index is 0. The number of aryl methyl sites for hydroxylation is 1. The van der Waals surface area contributed by atoms with E-state index in [0.717, 1.165) is 44.1 Å². The highest BCUT2D eigenvalue weighted by Crippen LogP contribution is 2.12. The third kappa shape index (κ3) is 6.80. The van der Waals surface area contributed by atoms with Crippen molar-refractivity contribution in [2.24, 2.45) is 10.9 Å². The van der Waals surface area contributed by atoms with E-state index in [1.54, 1.807) is 7.05 Å². The lowest BCUT2D eigenvalue weighted by atomic mass is 10.2. The molecule has 7 heteroatoms. The van der Waals surface area contributed by atoms with Gasteiger partial charge in [0.25, 0.3) is 0 Å². The summed E-state index contributed by atoms with van der Waals surface area (Å²) in [7, 11) is 1.77. The van der Waals surface area contributed by atoms with Crippen molar-refractivity contribution in [1.29, 1.82) is 0 Å². The highest BCUT2D eigenvalue weighted by molar-refractivity contribution is 14.0. The number of rotatable bonds is 5. The van der Waals surface area contributed by atoms with Gasteiger partial charge in [-0.15, -0.1) is 24.0 Å². The largest absolute Gasteiger partial charge is 0.356 e. The summed E-state index contributed by atoms with van der Waals surface area (Å²) in [6, 6.07) is 4.40. The monoisotopic (exact) mass is 459 g/mol. The molecule has 1 aliphatic rings. The summed E-state index contributed by atoms with van der Waals surface area (Å²) in [6.07, 6.45) is 3.78. The van der Waals surface area contributed by atoms with Gasteiger partial charge in [-0.05, 0) is 31.4 Å². The van der Waals surface area contributed by atoms with Crippen LogP contribution in [-0.4, -0.2) is 54.5 Å². The number of pyridine rings is 1. The summed E-state index contributed by atoms with van der Waals surface area (Å²) < 4.78 is 0. The Kier molecular flexibility index (Phi) is 9.16. The molecule has 1 amide bonds. The lowest BCUT2D eigenvalue weighted by Gasteiger charge is -2.20. The number of nitrogens with one attached hydrogen (secondary N) is 2. The van der Waals surface area contributed by atoms with E-state index in [1.165, 1.54) is 5.56 Å². The van der Waals surface area contributed by atoms with Gasteiger partial charge in [0.2, 0.25) is 5.91 Å². The molecule has 0 bridgehead atoms. The zero-order valence-corrected chi connectivity index (χ0v) is 17.9. The first-order chi connectivity index (χ1) is 11.5. The van der Waals surface area contributed by atoms with Crippen LogP contribution in [-0.2, 0) is 11.2 Å². The Labute approximate surface area is 167 Å². The number of amides is 1. The predicted molar refractivity (Wildman–Crippen MR) is 112 cm³/mol. The van der Waals surface area contributed by atoms with E-state index in [0.29, 0.717) is 0 Å². The molecule has 2 N–H and O–H groups in total. The zero-order chi connectivity index (χ0) is 17.5. The van der Waals surface area contributed by atoms with Gasteiger partial charge in [0.15, 0.2) is 5.96 Å². The van der Waals surface area contributed by atoms with Gasteiger partial charge in [-0.2, -0.15) is 0 Å². The van der Waals surface area contributed by atoms with Crippen LogP contribution >= 0.6 is 24.0 Å². The molecule has 1 aromatic rings. The second kappa shape index (κ2) is 10.6. The fraction of sp³-hybridized carbons (Fsp3) is 0.611. The molecule has 1 atom stereocenters. The van der Waals surface area contributed by atoms with Crippen LogP contribution in [0.15, 0.2) is 23.3 Å². The quantitative estimate of drug-likeness (QED) is 0.402. The maximum absolute atomic E-state index is 12.0. The number of nitrogens with zero attached hydrogens (tertiary/aromatic N) is 3. The summed E-state index contributed by atoms with van der Waals surface area (Å²) in [5.74, 6) is 1.08. The molecule has 1 unspecified atom stereocenters. The van der Waals surface area contributed by atoms with Crippen molar-refractivity contribution in [3.63, 3.8) is 0 Å². The van der Waals surface area contributed by atoms with Crippen LogP contribution in [0.5, 0.6) is 0 Å². The van der Waals surface area contributed by atoms with Gasteiger partial charge in [-0.3, -0.25) is 14.8 Å². The molecule has 0 saturated carbocycles. The van der Waals surface area contributed by atoms with Crippen LogP contribution in [0, 0.1) is 12.8 Å². The SMILES string of the molecule is CN=C(NCCc1ccc(C)nc1)NC1CCN(C(=O)C(C)C)C1.I. The molecular weight excluding hydrogens is 429 g/mol. The number of hydrogen-bond donors (Lipinski definition) is 2. The van der Waals surface area contributed by atoms with Crippen molar-refractivity contribution in [3.8, 4) is 0 Å². The summed E-state index contributed by atoms with van der Waals surface area (Å²) in [6.45, 7) is 8.25. The number of hydrogen-bond acceptors (Lipinski definition) is 3. The van der Waals surface area contributed by atoms with Crippen LogP contribution in [0.4, 0.5) is 0 Å². The van der Waals surface area contributed by atoms with Crippen LogP contribution in [0.1, 0.15) is 31.5 Å². The van der Waals surface area contributed by atoms with Gasteiger partial charge >= 0.3 is 0 Å². The van der Waals surface area contributed by atoms with E-state index in [2.05, 4.69) is 26.7 Å². The molecule has 140 valence electrons. The van der Waals surface area contributed by atoms with Crippen LogP contribution in [0.2, 0.25) is 0 Å². The van der Waals surface area contributed by atoms with E-state index in [9.17, 15) is 4.79 Å². The first-order valence-corrected chi connectivity index (χ1v) is 8.67. The van der Waals surface area contributed by atoms with Gasteiger partial charge in [0.1, 0.15) is 0 Å². The molecule has 0 aromatic carbocycles. The summed E-state index contributed by atoms with van der Waals surface area (Å²) >= 11 is 0. The van der Waals surface area contributed by atoms with Crippen molar-refractivity contribution in [2.75, 3.05) is 26.7 Å². The van der Waals surface area contributed by atoms with E-state index < -0.39 is 0 Å². The van der Waals surface area contributed by atoms with E-state index in [-0.39, 0.29) is 41.8 Å². The molecule has 6 nitrogen and oxygen atoms in total. The maximum atomic E-state index is 12.0. The van der Waals surface area contributed by atoms with Crippen LogP contribution < -0.4 is 10.6 Å². The second-order valence-electron chi connectivity index (χ2n) is 6.63. The number of carbonyl (C=O) groups excluding carboxylic acids is 1. The average Bonchev–Trinajstić information content (AvgIpc) is 3.03. The fourth-order valence-electron chi connectivity index (χ4n) is 2.80. The molecule has 25 heavy (non-hydrogen) atoms. The van der Waals surface area contributed by atoms with Gasteiger partial charge in [-0.25, -0.2) is 0 Å².